The summed E-state index contributed by atoms with van der Waals surface area (Å²) in [6.45, 7) is 3.75. The van der Waals surface area contributed by atoms with E-state index in [1.807, 2.05) is 30.1 Å². The Hall–Kier alpha value is -2.86. The van der Waals surface area contributed by atoms with E-state index in [9.17, 15) is 9.59 Å². The van der Waals surface area contributed by atoms with E-state index in [0.717, 1.165) is 64.0 Å². The van der Waals surface area contributed by atoms with Gasteiger partial charge in [-0.2, -0.15) is 0 Å². The van der Waals surface area contributed by atoms with Crippen molar-refractivity contribution in [2.45, 2.75) is 50.9 Å². The fourth-order valence-electron chi connectivity index (χ4n) is 5.36. The zero-order chi connectivity index (χ0) is 22.1. The first-order valence-corrected chi connectivity index (χ1v) is 11.8. The molecule has 2 aromatic rings. The molecule has 168 valence electrons. The van der Waals surface area contributed by atoms with Crippen LogP contribution in [0.5, 0.6) is 0 Å². The highest BCUT2D eigenvalue weighted by atomic mass is 16.2. The summed E-state index contributed by atoms with van der Waals surface area (Å²) in [6.07, 6.45) is 5.21. The molecule has 0 aliphatic carbocycles. The smallest absolute Gasteiger partial charge is 0.257 e. The van der Waals surface area contributed by atoms with Gasteiger partial charge in [-0.25, -0.2) is 0 Å². The monoisotopic (exact) mass is 432 g/mol. The number of piperidine rings is 2. The van der Waals surface area contributed by atoms with Gasteiger partial charge in [0.2, 0.25) is 0 Å². The highest BCUT2D eigenvalue weighted by molar-refractivity contribution is 6.04. The summed E-state index contributed by atoms with van der Waals surface area (Å²) in [7, 11) is 2.04. The highest BCUT2D eigenvalue weighted by Gasteiger charge is 2.37. The van der Waals surface area contributed by atoms with Gasteiger partial charge in [0.05, 0.1) is 11.3 Å². The van der Waals surface area contributed by atoms with Gasteiger partial charge in [-0.15, -0.1) is 0 Å². The van der Waals surface area contributed by atoms with Crippen molar-refractivity contribution in [3.8, 4) is 0 Å². The Morgan fingerprint density at radius 3 is 2.56 bits per heavy atom. The van der Waals surface area contributed by atoms with E-state index >= 15 is 0 Å². The largest absolute Gasteiger partial charge is 0.354 e. The number of carbonyl (C=O) groups is 2. The van der Waals surface area contributed by atoms with Crippen molar-refractivity contribution in [3.05, 3.63) is 65.2 Å². The number of nitrogens with one attached hydrogen (secondary N) is 1. The molecule has 0 aromatic heterocycles. The summed E-state index contributed by atoms with van der Waals surface area (Å²) >= 11 is 0. The van der Waals surface area contributed by atoms with Crippen LogP contribution in [0.3, 0.4) is 0 Å². The summed E-state index contributed by atoms with van der Waals surface area (Å²) in [5.74, 6) is 0.0572. The van der Waals surface area contributed by atoms with Gasteiger partial charge < -0.3 is 15.1 Å². The highest BCUT2D eigenvalue weighted by Crippen LogP contribution is 2.34. The molecule has 32 heavy (non-hydrogen) atoms. The number of rotatable bonds is 4. The number of nitrogens with zero attached hydrogens (tertiary/aromatic N) is 3. The molecule has 6 heteroatoms. The fraction of sp³-hybridized carbons (Fsp3) is 0.462. The second-order valence-electron chi connectivity index (χ2n) is 9.33. The van der Waals surface area contributed by atoms with E-state index < -0.39 is 0 Å². The van der Waals surface area contributed by atoms with Gasteiger partial charge in [-0.3, -0.25) is 14.5 Å². The first-order valence-electron chi connectivity index (χ1n) is 11.8. The molecule has 3 aliphatic heterocycles. The van der Waals surface area contributed by atoms with Gasteiger partial charge in [-0.05, 0) is 55.9 Å². The molecule has 5 rings (SSSR count). The predicted molar refractivity (Wildman–Crippen MR) is 126 cm³/mol. The number of amides is 2. The maximum Gasteiger partial charge on any atom is 0.257 e. The molecule has 2 fully saturated rings. The van der Waals surface area contributed by atoms with Crippen LogP contribution in [-0.4, -0.2) is 60.5 Å². The molecule has 2 saturated heterocycles. The van der Waals surface area contributed by atoms with Gasteiger partial charge in [0.15, 0.2) is 0 Å². The van der Waals surface area contributed by atoms with Crippen LogP contribution in [0.4, 0.5) is 5.69 Å². The summed E-state index contributed by atoms with van der Waals surface area (Å²) in [5, 5.41) is 3.23. The Kier molecular flexibility index (Phi) is 5.87. The molecule has 3 aliphatic rings. The van der Waals surface area contributed by atoms with E-state index in [1.165, 1.54) is 5.56 Å². The van der Waals surface area contributed by atoms with Crippen molar-refractivity contribution in [2.75, 3.05) is 31.6 Å². The van der Waals surface area contributed by atoms with Crippen LogP contribution < -0.4 is 10.2 Å². The standard InChI is InChI=1S/C26H32N4O2/c1-28-23-17-20(10-11-22(23)26(32)30-14-6-5-9-24(28)30)25(31)27-21-12-15-29(16-13-21)18-19-7-3-2-4-8-19/h2-4,7-8,10-11,17,21,24H,5-6,9,12-16,18H2,1H3,(H,27,31)/t24-/m0/s1. The van der Waals surface area contributed by atoms with Crippen LogP contribution in [0.15, 0.2) is 48.5 Å². The Balaban J connectivity index is 1.21. The van der Waals surface area contributed by atoms with E-state index in [0.29, 0.717) is 11.1 Å². The second kappa shape index (κ2) is 8.94. The Morgan fingerprint density at radius 1 is 1.00 bits per heavy atom. The minimum Gasteiger partial charge on any atom is -0.354 e. The Bertz CT molecular complexity index is 985. The molecule has 0 saturated carbocycles. The summed E-state index contributed by atoms with van der Waals surface area (Å²) < 4.78 is 0. The van der Waals surface area contributed by atoms with E-state index in [2.05, 4.69) is 39.4 Å². The summed E-state index contributed by atoms with van der Waals surface area (Å²) in [6, 6.07) is 16.3. The molecule has 3 heterocycles. The van der Waals surface area contributed by atoms with Gasteiger partial charge >= 0.3 is 0 Å². The first-order chi connectivity index (χ1) is 15.6. The molecular weight excluding hydrogens is 400 g/mol. The van der Waals surface area contributed by atoms with E-state index in [1.54, 1.807) is 6.07 Å². The first kappa shape index (κ1) is 21.0. The van der Waals surface area contributed by atoms with Gasteiger partial charge in [0.1, 0.15) is 6.17 Å². The maximum absolute atomic E-state index is 13.0. The second-order valence-corrected chi connectivity index (χ2v) is 9.33. The lowest BCUT2D eigenvalue weighted by atomic mass is 9.97. The van der Waals surface area contributed by atoms with Crippen molar-refractivity contribution >= 4 is 17.5 Å². The zero-order valence-corrected chi connectivity index (χ0v) is 18.8. The van der Waals surface area contributed by atoms with Gasteiger partial charge in [-0.1, -0.05) is 30.3 Å². The SMILES string of the molecule is CN1c2cc(C(=O)NC3CCN(Cc4ccccc4)CC3)ccc2C(=O)N2CCCC[C@H]21. The van der Waals surface area contributed by atoms with Crippen molar-refractivity contribution in [1.29, 1.82) is 0 Å². The average Bonchev–Trinajstić information content (AvgIpc) is 2.84. The number of hydrogen-bond acceptors (Lipinski definition) is 4. The lowest BCUT2D eigenvalue weighted by Gasteiger charge is -2.46. The van der Waals surface area contributed by atoms with Crippen LogP contribution in [0.1, 0.15) is 58.4 Å². The number of benzene rings is 2. The van der Waals surface area contributed by atoms with Crippen molar-refractivity contribution < 1.29 is 9.59 Å². The van der Waals surface area contributed by atoms with Crippen LogP contribution >= 0.6 is 0 Å². The minimum absolute atomic E-state index is 0.0405. The maximum atomic E-state index is 13.0. The third-order valence-electron chi connectivity index (χ3n) is 7.22. The quantitative estimate of drug-likeness (QED) is 0.804. The molecule has 1 N–H and O–H groups in total. The number of anilines is 1. The van der Waals surface area contributed by atoms with Crippen molar-refractivity contribution in [3.63, 3.8) is 0 Å². The molecule has 2 aromatic carbocycles. The molecule has 2 amide bonds. The third kappa shape index (κ3) is 4.11. The normalized spacial score (nSPS) is 21.8. The Labute approximate surface area is 190 Å². The van der Waals surface area contributed by atoms with Crippen LogP contribution in [0, 0.1) is 0 Å². The van der Waals surface area contributed by atoms with Gasteiger partial charge in [0.25, 0.3) is 11.8 Å². The summed E-state index contributed by atoms with van der Waals surface area (Å²) in [5.41, 5.74) is 3.55. The predicted octanol–water partition coefficient (Wildman–Crippen LogP) is 3.48. The van der Waals surface area contributed by atoms with Crippen LogP contribution in [0.25, 0.3) is 0 Å². The van der Waals surface area contributed by atoms with Crippen LogP contribution in [0.2, 0.25) is 0 Å². The molecular formula is C26H32N4O2. The minimum atomic E-state index is -0.0405. The fourth-order valence-corrected chi connectivity index (χ4v) is 5.36. The Morgan fingerprint density at radius 2 is 1.78 bits per heavy atom. The van der Waals surface area contributed by atoms with Gasteiger partial charge in [0, 0.05) is 44.8 Å². The number of carbonyl (C=O) groups excluding carboxylic acids is 2. The average molecular weight is 433 g/mol. The lowest BCUT2D eigenvalue weighted by molar-refractivity contribution is 0.0589. The lowest BCUT2D eigenvalue weighted by Crippen LogP contribution is -2.55. The molecule has 0 unspecified atom stereocenters. The summed E-state index contributed by atoms with van der Waals surface area (Å²) in [4.78, 5) is 32.6. The number of likely N-dealkylation sites (tertiary alicyclic amines) is 1. The molecule has 0 bridgehead atoms. The molecule has 1 atom stereocenters. The number of fused-ring (bicyclic) bond motifs is 2. The van der Waals surface area contributed by atoms with Crippen molar-refractivity contribution in [2.24, 2.45) is 0 Å². The van der Waals surface area contributed by atoms with Crippen molar-refractivity contribution in [1.82, 2.24) is 15.1 Å². The molecule has 6 nitrogen and oxygen atoms in total. The van der Waals surface area contributed by atoms with E-state index in [-0.39, 0.29) is 24.0 Å². The molecule has 0 spiro atoms. The third-order valence-corrected chi connectivity index (χ3v) is 7.22. The van der Waals surface area contributed by atoms with E-state index in [4.69, 9.17) is 0 Å². The zero-order valence-electron chi connectivity index (χ0n) is 18.8. The van der Waals surface area contributed by atoms with Crippen LogP contribution in [-0.2, 0) is 6.54 Å². The topological polar surface area (TPSA) is 55.9 Å². The number of hydrogen-bond donors (Lipinski definition) is 1. The molecule has 0 radical (unpaired) electrons.